The fourth-order valence-electron chi connectivity index (χ4n) is 4.20. The van der Waals surface area contributed by atoms with E-state index in [1.165, 1.54) is 49.9 Å². The van der Waals surface area contributed by atoms with Gasteiger partial charge in [0, 0.05) is 5.56 Å². The number of methoxy groups -OCH3 is 3. The number of ether oxygens (including phenoxy) is 3. The van der Waals surface area contributed by atoms with Gasteiger partial charge in [0.05, 0.1) is 40.0 Å². The number of benzene rings is 1. The van der Waals surface area contributed by atoms with Crippen LogP contribution in [0.15, 0.2) is 6.07 Å². The maximum absolute atomic E-state index is 5.70. The zero-order valence-electron chi connectivity index (χ0n) is 14.6. The number of quaternary nitrogens is 2. The molecule has 1 aromatic rings. The van der Waals surface area contributed by atoms with E-state index >= 15 is 0 Å². The maximum Gasteiger partial charge on any atom is 0.203 e. The molecule has 0 bridgehead atoms. The zero-order valence-corrected chi connectivity index (χ0v) is 14.6. The highest BCUT2D eigenvalue weighted by Crippen LogP contribution is 2.43. The molecule has 5 heteroatoms. The third kappa shape index (κ3) is 3.12. The Hall–Kier alpha value is -1.46. The largest absolute Gasteiger partial charge is 0.493 e. The molecular formula is C18H30N2O3+2. The summed E-state index contributed by atoms with van der Waals surface area (Å²) >= 11 is 0. The lowest BCUT2D eigenvalue weighted by atomic mass is 9.93. The third-order valence-electron chi connectivity index (χ3n) is 5.33. The summed E-state index contributed by atoms with van der Waals surface area (Å²) in [5.74, 6) is 2.34. The average Bonchev–Trinajstić information content (AvgIpc) is 2.88. The Labute approximate surface area is 138 Å². The number of likely N-dealkylation sites (tertiary alicyclic amines) is 1. The van der Waals surface area contributed by atoms with Crippen molar-refractivity contribution in [2.24, 2.45) is 0 Å². The van der Waals surface area contributed by atoms with Crippen LogP contribution in [0, 0.1) is 0 Å². The van der Waals surface area contributed by atoms with E-state index in [4.69, 9.17) is 14.2 Å². The molecule has 3 rings (SSSR count). The summed E-state index contributed by atoms with van der Waals surface area (Å²) in [7, 11) is 5.10. The molecule has 23 heavy (non-hydrogen) atoms. The van der Waals surface area contributed by atoms with E-state index in [1.54, 1.807) is 26.2 Å². The average molecular weight is 322 g/mol. The smallest absolute Gasteiger partial charge is 0.203 e. The normalized spacial score (nSPS) is 22.1. The molecule has 128 valence electrons. The molecule has 0 saturated carbocycles. The van der Waals surface area contributed by atoms with Gasteiger partial charge in [0.1, 0.15) is 13.1 Å². The van der Waals surface area contributed by atoms with E-state index in [9.17, 15) is 0 Å². The van der Waals surface area contributed by atoms with Crippen LogP contribution in [0.1, 0.15) is 42.9 Å². The van der Waals surface area contributed by atoms with Crippen LogP contribution in [0.4, 0.5) is 0 Å². The maximum atomic E-state index is 5.70. The molecule has 1 saturated heterocycles. The summed E-state index contributed by atoms with van der Waals surface area (Å²) in [6.07, 6.45) is 5.43. The van der Waals surface area contributed by atoms with Crippen molar-refractivity contribution in [3.8, 4) is 17.2 Å². The van der Waals surface area contributed by atoms with Crippen LogP contribution in [0.5, 0.6) is 17.2 Å². The highest BCUT2D eigenvalue weighted by Gasteiger charge is 2.36. The molecule has 1 aromatic carbocycles. The SMILES string of the molecule is COc1cc2c(c(OC)c1OC)C[NH2+]C[C@H]2[NH+]1CCCCCC1. The summed E-state index contributed by atoms with van der Waals surface area (Å²) < 4.78 is 16.8. The Morgan fingerprint density at radius 3 is 2.26 bits per heavy atom. The van der Waals surface area contributed by atoms with Gasteiger partial charge in [-0.3, -0.25) is 0 Å². The second kappa shape index (κ2) is 7.41. The highest BCUT2D eigenvalue weighted by molar-refractivity contribution is 5.59. The van der Waals surface area contributed by atoms with E-state index in [-0.39, 0.29) is 0 Å². The van der Waals surface area contributed by atoms with E-state index < -0.39 is 0 Å². The van der Waals surface area contributed by atoms with E-state index in [2.05, 4.69) is 11.4 Å². The standard InChI is InChI=1S/C18H28N2O3/c1-21-16-10-13-14(17(22-2)18(16)23-3)11-19-12-15(13)20-8-6-4-5-7-9-20/h10,15,19H,4-9,11-12H2,1-3H3/p+2/t15-/m1/s1. The number of nitrogens with one attached hydrogen (secondary N) is 1. The molecule has 0 spiro atoms. The molecule has 2 heterocycles. The van der Waals surface area contributed by atoms with Crippen molar-refractivity contribution in [2.45, 2.75) is 38.3 Å². The van der Waals surface area contributed by atoms with E-state index in [0.717, 1.165) is 24.6 Å². The van der Waals surface area contributed by atoms with Crippen molar-refractivity contribution < 1.29 is 24.4 Å². The summed E-state index contributed by atoms with van der Waals surface area (Å²) in [6.45, 7) is 4.63. The minimum absolute atomic E-state index is 0.519. The number of hydrogen-bond donors (Lipinski definition) is 2. The molecule has 0 amide bonds. The van der Waals surface area contributed by atoms with Crippen LogP contribution in [-0.2, 0) is 6.54 Å². The lowest BCUT2D eigenvalue weighted by Gasteiger charge is -2.32. The molecule has 0 unspecified atom stereocenters. The molecule has 1 atom stereocenters. The van der Waals surface area contributed by atoms with Crippen LogP contribution >= 0.6 is 0 Å². The first-order valence-electron chi connectivity index (χ1n) is 8.78. The fraction of sp³-hybridized carbons (Fsp3) is 0.667. The monoisotopic (exact) mass is 322 g/mol. The van der Waals surface area contributed by atoms with Gasteiger partial charge in [-0.15, -0.1) is 0 Å². The molecule has 2 aliphatic rings. The van der Waals surface area contributed by atoms with Crippen molar-refractivity contribution in [1.82, 2.24) is 0 Å². The molecular weight excluding hydrogens is 292 g/mol. The second-order valence-corrected chi connectivity index (χ2v) is 6.57. The van der Waals surface area contributed by atoms with Crippen molar-refractivity contribution in [2.75, 3.05) is 41.0 Å². The molecule has 0 aliphatic carbocycles. The van der Waals surface area contributed by atoms with Crippen molar-refractivity contribution in [3.63, 3.8) is 0 Å². The number of nitrogens with two attached hydrogens (primary N) is 1. The predicted molar refractivity (Wildman–Crippen MR) is 88.5 cm³/mol. The Kier molecular flexibility index (Phi) is 5.28. The van der Waals surface area contributed by atoms with Gasteiger partial charge >= 0.3 is 0 Å². The number of fused-ring (bicyclic) bond motifs is 1. The summed E-state index contributed by atoms with van der Waals surface area (Å²) in [4.78, 5) is 1.72. The van der Waals surface area contributed by atoms with Gasteiger partial charge in [-0.05, 0) is 31.7 Å². The van der Waals surface area contributed by atoms with Gasteiger partial charge in [0.25, 0.3) is 0 Å². The van der Waals surface area contributed by atoms with Gasteiger partial charge in [-0.1, -0.05) is 0 Å². The first-order valence-corrected chi connectivity index (χ1v) is 8.78. The van der Waals surface area contributed by atoms with E-state index in [0.29, 0.717) is 11.8 Å². The van der Waals surface area contributed by atoms with Crippen molar-refractivity contribution >= 4 is 0 Å². The molecule has 0 aromatic heterocycles. The van der Waals surface area contributed by atoms with Crippen molar-refractivity contribution in [3.05, 3.63) is 17.2 Å². The van der Waals surface area contributed by atoms with E-state index in [1.807, 2.05) is 0 Å². The van der Waals surface area contributed by atoms with Crippen LogP contribution < -0.4 is 24.4 Å². The molecule has 1 fully saturated rings. The third-order valence-corrected chi connectivity index (χ3v) is 5.33. The van der Waals surface area contributed by atoms with Crippen LogP contribution in [0.2, 0.25) is 0 Å². The molecule has 0 radical (unpaired) electrons. The van der Waals surface area contributed by atoms with Crippen LogP contribution in [-0.4, -0.2) is 41.0 Å². The van der Waals surface area contributed by atoms with Crippen LogP contribution in [0.3, 0.4) is 0 Å². The van der Waals surface area contributed by atoms with Gasteiger partial charge in [0.15, 0.2) is 17.5 Å². The quantitative estimate of drug-likeness (QED) is 0.838. The number of rotatable bonds is 4. The molecule has 5 nitrogen and oxygen atoms in total. The predicted octanol–water partition coefficient (Wildman–Crippen LogP) is 0.289. The van der Waals surface area contributed by atoms with Crippen molar-refractivity contribution in [1.29, 1.82) is 0 Å². The summed E-state index contributed by atoms with van der Waals surface area (Å²) in [5.41, 5.74) is 2.66. The Balaban J connectivity index is 2.03. The molecule has 2 aliphatic heterocycles. The topological polar surface area (TPSA) is 48.7 Å². The lowest BCUT2D eigenvalue weighted by Crippen LogP contribution is -3.15. The lowest BCUT2D eigenvalue weighted by molar-refractivity contribution is -0.947. The Morgan fingerprint density at radius 2 is 1.65 bits per heavy atom. The minimum Gasteiger partial charge on any atom is -0.493 e. The second-order valence-electron chi connectivity index (χ2n) is 6.57. The van der Waals surface area contributed by atoms with Gasteiger partial charge < -0.3 is 24.4 Å². The van der Waals surface area contributed by atoms with Gasteiger partial charge in [-0.2, -0.15) is 0 Å². The minimum atomic E-state index is 0.519. The zero-order chi connectivity index (χ0) is 16.2. The summed E-state index contributed by atoms with van der Waals surface area (Å²) in [6, 6.07) is 2.71. The Morgan fingerprint density at radius 1 is 0.957 bits per heavy atom. The first-order chi connectivity index (χ1) is 11.3. The summed E-state index contributed by atoms with van der Waals surface area (Å²) in [5, 5.41) is 2.40. The first kappa shape index (κ1) is 16.4. The van der Waals surface area contributed by atoms with Gasteiger partial charge in [0.2, 0.25) is 5.75 Å². The van der Waals surface area contributed by atoms with Gasteiger partial charge in [-0.25, -0.2) is 0 Å². The number of hydrogen-bond acceptors (Lipinski definition) is 3. The molecule has 3 N–H and O–H groups in total. The fourth-order valence-corrected chi connectivity index (χ4v) is 4.20. The highest BCUT2D eigenvalue weighted by atomic mass is 16.5. The van der Waals surface area contributed by atoms with Crippen LogP contribution in [0.25, 0.3) is 0 Å². The Bertz CT molecular complexity index is 540.